The van der Waals surface area contributed by atoms with Crippen LogP contribution < -0.4 is 10.1 Å². The number of hydrogen-bond donors (Lipinski definition) is 2. The Morgan fingerprint density at radius 3 is 2.83 bits per heavy atom. The molecule has 2 aromatic rings. The highest BCUT2D eigenvalue weighted by atomic mass is 16.5. The standard InChI is InChI=1S/C18H24N2O3/c1-10(2)17-20-12-6-11(7-13(22-3)16(12)23-17)9-19-14-8-15(21)18(14)4-5-18/h6-7,10,14-15,19,21H,4-5,8-9H2,1-3H3/t14-,15-/m0/s1. The number of aromatic nitrogens is 1. The predicted molar refractivity (Wildman–Crippen MR) is 87.6 cm³/mol. The maximum atomic E-state index is 9.90. The van der Waals surface area contributed by atoms with E-state index in [0.717, 1.165) is 54.1 Å². The van der Waals surface area contributed by atoms with E-state index in [2.05, 4.69) is 30.2 Å². The van der Waals surface area contributed by atoms with Crippen molar-refractivity contribution < 1.29 is 14.3 Å². The molecule has 1 heterocycles. The molecule has 2 atom stereocenters. The molecule has 5 heteroatoms. The van der Waals surface area contributed by atoms with Crippen molar-refractivity contribution in [3.05, 3.63) is 23.6 Å². The zero-order valence-electron chi connectivity index (χ0n) is 13.9. The van der Waals surface area contributed by atoms with E-state index in [4.69, 9.17) is 9.15 Å². The molecule has 0 aliphatic heterocycles. The lowest BCUT2D eigenvalue weighted by Crippen LogP contribution is -2.55. The fourth-order valence-corrected chi connectivity index (χ4v) is 3.69. The summed E-state index contributed by atoms with van der Waals surface area (Å²) in [5, 5.41) is 13.5. The largest absolute Gasteiger partial charge is 0.493 e. The molecule has 5 nitrogen and oxygen atoms in total. The van der Waals surface area contributed by atoms with Crippen LogP contribution in [0.1, 0.15) is 50.5 Å². The van der Waals surface area contributed by atoms with Gasteiger partial charge in [0.25, 0.3) is 0 Å². The molecule has 0 amide bonds. The summed E-state index contributed by atoms with van der Waals surface area (Å²) in [6.07, 6.45) is 3.05. The minimum atomic E-state index is -0.110. The molecule has 0 saturated heterocycles. The summed E-state index contributed by atoms with van der Waals surface area (Å²) in [6, 6.07) is 4.51. The summed E-state index contributed by atoms with van der Waals surface area (Å²) in [5.74, 6) is 1.72. The first kappa shape index (κ1) is 15.0. The van der Waals surface area contributed by atoms with Crippen LogP contribution in [-0.4, -0.2) is 29.3 Å². The summed E-state index contributed by atoms with van der Waals surface area (Å²) in [5.41, 5.74) is 2.87. The molecule has 23 heavy (non-hydrogen) atoms. The molecule has 1 aromatic heterocycles. The number of aliphatic hydroxyl groups excluding tert-OH is 1. The number of rotatable bonds is 5. The minimum Gasteiger partial charge on any atom is -0.493 e. The van der Waals surface area contributed by atoms with E-state index < -0.39 is 0 Å². The first-order chi connectivity index (χ1) is 11.0. The van der Waals surface area contributed by atoms with Crippen LogP contribution in [0.25, 0.3) is 11.1 Å². The molecule has 2 N–H and O–H groups in total. The van der Waals surface area contributed by atoms with E-state index in [1.807, 2.05) is 6.07 Å². The monoisotopic (exact) mass is 316 g/mol. The van der Waals surface area contributed by atoms with Crippen LogP contribution in [-0.2, 0) is 6.54 Å². The fourth-order valence-electron chi connectivity index (χ4n) is 3.69. The normalized spacial score (nSPS) is 25.1. The van der Waals surface area contributed by atoms with Gasteiger partial charge in [0.1, 0.15) is 5.52 Å². The Morgan fingerprint density at radius 1 is 1.43 bits per heavy atom. The second-order valence-corrected chi connectivity index (χ2v) is 7.27. The van der Waals surface area contributed by atoms with Crippen LogP contribution in [0.5, 0.6) is 5.75 Å². The van der Waals surface area contributed by atoms with Crippen LogP contribution in [0, 0.1) is 5.41 Å². The summed E-state index contributed by atoms with van der Waals surface area (Å²) >= 11 is 0. The van der Waals surface area contributed by atoms with Crippen LogP contribution in [0.2, 0.25) is 0 Å². The van der Waals surface area contributed by atoms with Gasteiger partial charge in [-0.2, -0.15) is 0 Å². The quantitative estimate of drug-likeness (QED) is 0.887. The van der Waals surface area contributed by atoms with E-state index in [0.29, 0.717) is 6.04 Å². The van der Waals surface area contributed by atoms with Crippen molar-refractivity contribution in [3.63, 3.8) is 0 Å². The Labute approximate surface area is 136 Å². The first-order valence-electron chi connectivity index (χ1n) is 8.42. The average molecular weight is 316 g/mol. The lowest BCUT2D eigenvalue weighted by Gasteiger charge is -2.43. The zero-order valence-corrected chi connectivity index (χ0v) is 13.9. The third kappa shape index (κ3) is 2.34. The van der Waals surface area contributed by atoms with Gasteiger partial charge in [0.05, 0.1) is 13.2 Å². The van der Waals surface area contributed by atoms with Gasteiger partial charge in [-0.1, -0.05) is 13.8 Å². The van der Waals surface area contributed by atoms with E-state index in [-0.39, 0.29) is 17.4 Å². The molecule has 1 aromatic carbocycles. The Kier molecular flexibility index (Phi) is 3.39. The van der Waals surface area contributed by atoms with E-state index in [1.165, 1.54) is 0 Å². The molecule has 2 aliphatic carbocycles. The number of ether oxygens (including phenoxy) is 1. The summed E-state index contributed by atoms with van der Waals surface area (Å²) in [6.45, 7) is 4.89. The molecule has 0 unspecified atom stereocenters. The lowest BCUT2D eigenvalue weighted by molar-refractivity contribution is -0.0295. The summed E-state index contributed by atoms with van der Waals surface area (Å²) in [4.78, 5) is 4.58. The highest BCUT2D eigenvalue weighted by Gasteiger charge is 2.62. The van der Waals surface area contributed by atoms with E-state index >= 15 is 0 Å². The van der Waals surface area contributed by atoms with Crippen LogP contribution >= 0.6 is 0 Å². The molecule has 2 aliphatic rings. The Balaban J connectivity index is 1.55. The van der Waals surface area contributed by atoms with Crippen molar-refractivity contribution in [2.75, 3.05) is 7.11 Å². The van der Waals surface area contributed by atoms with Gasteiger partial charge in [0.15, 0.2) is 17.2 Å². The molecule has 1 spiro atoms. The molecular weight excluding hydrogens is 292 g/mol. The predicted octanol–water partition coefficient (Wildman–Crippen LogP) is 2.96. The maximum Gasteiger partial charge on any atom is 0.198 e. The molecule has 2 fully saturated rings. The number of benzene rings is 1. The topological polar surface area (TPSA) is 67.5 Å². The van der Waals surface area contributed by atoms with Crippen molar-refractivity contribution in [1.29, 1.82) is 0 Å². The van der Waals surface area contributed by atoms with Crippen LogP contribution in [0.4, 0.5) is 0 Å². The van der Waals surface area contributed by atoms with Gasteiger partial charge < -0.3 is 19.6 Å². The highest BCUT2D eigenvalue weighted by Crippen LogP contribution is 2.60. The van der Waals surface area contributed by atoms with Crippen LogP contribution in [0.3, 0.4) is 0 Å². The molecule has 0 radical (unpaired) electrons. The molecular formula is C18H24N2O3. The number of hydrogen-bond acceptors (Lipinski definition) is 5. The van der Waals surface area contributed by atoms with Gasteiger partial charge in [-0.05, 0) is 37.0 Å². The van der Waals surface area contributed by atoms with E-state index in [1.54, 1.807) is 7.11 Å². The highest BCUT2D eigenvalue weighted by molar-refractivity contribution is 5.80. The van der Waals surface area contributed by atoms with Crippen molar-refractivity contribution in [1.82, 2.24) is 10.3 Å². The number of oxazole rings is 1. The maximum absolute atomic E-state index is 9.90. The zero-order chi connectivity index (χ0) is 16.2. The van der Waals surface area contributed by atoms with Gasteiger partial charge in [-0.15, -0.1) is 0 Å². The smallest absolute Gasteiger partial charge is 0.198 e. The van der Waals surface area contributed by atoms with Gasteiger partial charge >= 0.3 is 0 Å². The summed E-state index contributed by atoms with van der Waals surface area (Å²) < 4.78 is 11.3. The van der Waals surface area contributed by atoms with Gasteiger partial charge in [0.2, 0.25) is 0 Å². The van der Waals surface area contributed by atoms with Crippen LogP contribution in [0.15, 0.2) is 16.5 Å². The van der Waals surface area contributed by atoms with E-state index in [9.17, 15) is 5.11 Å². The molecule has 0 bridgehead atoms. The van der Waals surface area contributed by atoms with Crippen molar-refractivity contribution >= 4 is 11.1 Å². The molecule has 124 valence electrons. The molecule has 2 saturated carbocycles. The number of fused-ring (bicyclic) bond motifs is 1. The van der Waals surface area contributed by atoms with Crippen molar-refractivity contribution in [3.8, 4) is 5.75 Å². The first-order valence-corrected chi connectivity index (χ1v) is 8.42. The third-order valence-electron chi connectivity index (χ3n) is 5.44. The third-order valence-corrected chi connectivity index (χ3v) is 5.44. The Bertz CT molecular complexity index is 733. The van der Waals surface area contributed by atoms with Gasteiger partial charge in [-0.25, -0.2) is 4.98 Å². The van der Waals surface area contributed by atoms with Gasteiger partial charge in [0, 0.05) is 23.9 Å². The summed E-state index contributed by atoms with van der Waals surface area (Å²) in [7, 11) is 1.66. The number of nitrogens with one attached hydrogen (secondary N) is 1. The number of aliphatic hydroxyl groups is 1. The second kappa shape index (κ2) is 5.21. The van der Waals surface area contributed by atoms with Crippen molar-refractivity contribution in [2.45, 2.75) is 57.7 Å². The van der Waals surface area contributed by atoms with Crippen molar-refractivity contribution in [2.24, 2.45) is 5.41 Å². The molecule has 4 rings (SSSR count). The number of methoxy groups -OCH3 is 1. The average Bonchev–Trinajstić information content (AvgIpc) is 3.27. The second-order valence-electron chi connectivity index (χ2n) is 7.27. The van der Waals surface area contributed by atoms with Gasteiger partial charge in [-0.3, -0.25) is 0 Å². The minimum absolute atomic E-state index is 0.110. The fraction of sp³-hybridized carbons (Fsp3) is 0.611. The SMILES string of the molecule is COc1cc(CN[C@H]2C[C@H](O)C23CC3)cc2nc(C(C)C)oc12. The Morgan fingerprint density at radius 2 is 2.22 bits per heavy atom. The Hall–Kier alpha value is -1.59. The number of nitrogens with zero attached hydrogens (tertiary/aromatic N) is 1. The lowest BCUT2D eigenvalue weighted by atomic mass is 9.73.